The van der Waals surface area contributed by atoms with E-state index in [0.717, 1.165) is 20.8 Å². The summed E-state index contributed by atoms with van der Waals surface area (Å²) < 4.78 is 5.08. The molecule has 0 fully saturated rings. The first-order valence-electron chi connectivity index (χ1n) is 6.80. The molecular weight excluding hydrogens is 326 g/mol. The van der Waals surface area contributed by atoms with Gasteiger partial charge in [-0.2, -0.15) is 4.57 Å². The molecule has 3 N–H and O–H groups in total. The Bertz CT molecular complexity index is 794. The minimum Gasteiger partial charge on any atom is -0.410 e. The summed E-state index contributed by atoms with van der Waals surface area (Å²) in [6.45, 7) is 7.48. The van der Waals surface area contributed by atoms with Crippen LogP contribution in [0.5, 0.6) is 0 Å². The average molecular weight is 345 g/mol. The van der Waals surface area contributed by atoms with Crippen LogP contribution in [0.15, 0.2) is 26.5 Å². The van der Waals surface area contributed by atoms with E-state index in [1.165, 1.54) is 6.92 Å². The van der Waals surface area contributed by atoms with E-state index in [9.17, 15) is 34.5 Å². The van der Waals surface area contributed by atoms with Crippen molar-refractivity contribution in [2.24, 2.45) is 0 Å². The molecule has 1 heterocycles. The van der Waals surface area contributed by atoms with Crippen molar-refractivity contribution in [3.63, 3.8) is 0 Å². The molecule has 1 aromatic rings. The third-order valence-corrected chi connectivity index (χ3v) is 3.00. The fraction of sp³-hybridized carbons (Fsp3) is 0.538. The molecule has 24 heavy (non-hydrogen) atoms. The summed E-state index contributed by atoms with van der Waals surface area (Å²) in [6.07, 6.45) is -3.37. The molecule has 11 heteroatoms. The van der Waals surface area contributed by atoms with Crippen molar-refractivity contribution in [3.8, 4) is 0 Å². The van der Waals surface area contributed by atoms with Gasteiger partial charge in [-0.3, -0.25) is 0 Å². The lowest BCUT2D eigenvalue weighted by Gasteiger charge is -2.26. The Hall–Kier alpha value is -2.50. The molecule has 0 aliphatic carbocycles. The van der Waals surface area contributed by atoms with Crippen molar-refractivity contribution in [1.82, 2.24) is 13.7 Å². The van der Waals surface area contributed by atoms with Crippen LogP contribution in [0.3, 0.4) is 0 Å². The summed E-state index contributed by atoms with van der Waals surface area (Å²) in [5.41, 5.74) is -4.29. The van der Waals surface area contributed by atoms with Crippen LogP contribution in [-0.2, 0) is 15.4 Å². The van der Waals surface area contributed by atoms with Gasteiger partial charge in [-0.05, 0) is 20.8 Å². The number of aromatic nitrogens is 3. The molecule has 0 spiro atoms. The minimum absolute atomic E-state index is 0.0225. The van der Waals surface area contributed by atoms with E-state index in [0.29, 0.717) is 0 Å². The largest absolute Gasteiger partial charge is 0.410 e. The molecule has 0 aromatic carbocycles. The summed E-state index contributed by atoms with van der Waals surface area (Å²) >= 11 is 0. The van der Waals surface area contributed by atoms with E-state index in [1.54, 1.807) is 0 Å². The van der Waals surface area contributed by atoms with Gasteiger partial charge < -0.3 is 20.1 Å². The van der Waals surface area contributed by atoms with Crippen LogP contribution < -0.4 is 17.1 Å². The number of hydrogen-bond donors (Lipinski definition) is 3. The standard InChI is InChI=1S/C13H19N3O8/c1-6(2)9(19)24-13(5,23)16-11(21)14(7(3)17)10(20)15(8(4)18)12(16)22/h7-8,17-18,23H,1H2,2-5H3. The molecular formula is C13H19N3O8. The number of nitrogens with zero attached hydrogens (tertiary/aromatic N) is 3. The number of aliphatic hydroxyl groups excluding tert-OH is 2. The van der Waals surface area contributed by atoms with Crippen LogP contribution >= 0.6 is 0 Å². The maximum Gasteiger partial charge on any atom is 0.343 e. The number of carbonyl (C=O) groups excluding carboxylic acids is 1. The zero-order valence-corrected chi connectivity index (χ0v) is 13.6. The number of aliphatic hydroxyl groups is 3. The van der Waals surface area contributed by atoms with Gasteiger partial charge in [0, 0.05) is 12.5 Å². The monoisotopic (exact) mass is 345 g/mol. The van der Waals surface area contributed by atoms with Gasteiger partial charge in [0.2, 0.25) is 0 Å². The van der Waals surface area contributed by atoms with Gasteiger partial charge in [0.05, 0.1) is 0 Å². The highest BCUT2D eigenvalue weighted by Gasteiger charge is 2.35. The fourth-order valence-corrected chi connectivity index (χ4v) is 1.88. The first-order valence-corrected chi connectivity index (χ1v) is 6.80. The zero-order valence-electron chi connectivity index (χ0n) is 13.6. The van der Waals surface area contributed by atoms with E-state index in [1.807, 2.05) is 0 Å². The van der Waals surface area contributed by atoms with Crippen molar-refractivity contribution in [2.75, 3.05) is 0 Å². The summed E-state index contributed by atoms with van der Waals surface area (Å²) in [5.74, 6) is -3.91. The van der Waals surface area contributed by atoms with Crippen molar-refractivity contribution >= 4 is 5.97 Å². The van der Waals surface area contributed by atoms with Crippen molar-refractivity contribution in [1.29, 1.82) is 0 Å². The van der Waals surface area contributed by atoms with Crippen molar-refractivity contribution < 1.29 is 24.9 Å². The molecule has 0 radical (unpaired) electrons. The zero-order chi connectivity index (χ0) is 19.0. The lowest BCUT2D eigenvalue weighted by Crippen LogP contribution is -2.61. The van der Waals surface area contributed by atoms with Gasteiger partial charge in [-0.25, -0.2) is 28.3 Å². The van der Waals surface area contributed by atoms with Gasteiger partial charge in [-0.1, -0.05) is 6.58 Å². The topological polar surface area (TPSA) is 153 Å². The van der Waals surface area contributed by atoms with Gasteiger partial charge in [-0.15, -0.1) is 0 Å². The van der Waals surface area contributed by atoms with Crippen LogP contribution in [0.1, 0.15) is 40.2 Å². The first kappa shape index (κ1) is 19.5. The molecule has 134 valence electrons. The van der Waals surface area contributed by atoms with Crippen LogP contribution in [0.2, 0.25) is 0 Å². The number of hydrogen-bond acceptors (Lipinski definition) is 8. The number of carbonyl (C=O) groups is 1. The number of ether oxygens (including phenoxy) is 1. The maximum absolute atomic E-state index is 12.3. The normalized spacial score (nSPS) is 16.1. The molecule has 1 rings (SSSR count). The van der Waals surface area contributed by atoms with E-state index in [-0.39, 0.29) is 19.3 Å². The minimum atomic E-state index is -2.80. The molecule has 3 atom stereocenters. The van der Waals surface area contributed by atoms with Crippen LogP contribution in [0.25, 0.3) is 0 Å². The lowest BCUT2D eigenvalue weighted by molar-refractivity contribution is -0.244. The summed E-state index contributed by atoms with van der Waals surface area (Å²) in [7, 11) is 0. The van der Waals surface area contributed by atoms with E-state index in [4.69, 9.17) is 0 Å². The fourth-order valence-electron chi connectivity index (χ4n) is 1.88. The molecule has 1 aromatic heterocycles. The molecule has 0 saturated carbocycles. The quantitative estimate of drug-likeness (QED) is 0.313. The average Bonchev–Trinajstić information content (AvgIpc) is 2.35. The van der Waals surface area contributed by atoms with Crippen LogP contribution in [0, 0.1) is 0 Å². The SMILES string of the molecule is C=C(C)C(=O)OC(C)(O)n1c(=O)n(C(C)O)c(=O)n(C(C)O)c1=O. The first-order chi connectivity index (χ1) is 10.8. The van der Waals surface area contributed by atoms with Gasteiger partial charge in [0.1, 0.15) is 12.5 Å². The molecule has 0 bridgehead atoms. The van der Waals surface area contributed by atoms with E-state index < -0.39 is 41.4 Å². The summed E-state index contributed by atoms with van der Waals surface area (Å²) in [4.78, 5) is 48.3. The predicted octanol–water partition coefficient (Wildman–Crippen LogP) is -2.06. The second kappa shape index (κ2) is 6.55. The molecule has 0 amide bonds. The maximum atomic E-state index is 12.3. The predicted molar refractivity (Wildman–Crippen MR) is 79.9 cm³/mol. The molecule has 0 aliphatic heterocycles. The third kappa shape index (κ3) is 3.37. The molecule has 3 unspecified atom stereocenters. The van der Waals surface area contributed by atoms with Crippen molar-refractivity contribution in [3.05, 3.63) is 43.6 Å². The second-order valence-corrected chi connectivity index (χ2v) is 5.29. The number of rotatable bonds is 5. The molecule has 11 nitrogen and oxygen atoms in total. The van der Waals surface area contributed by atoms with E-state index >= 15 is 0 Å². The highest BCUT2D eigenvalue weighted by atomic mass is 16.7. The molecule has 0 saturated heterocycles. The Balaban J connectivity index is 3.86. The van der Waals surface area contributed by atoms with Crippen LogP contribution in [0.4, 0.5) is 0 Å². The molecule has 0 aliphatic rings. The van der Waals surface area contributed by atoms with Gasteiger partial charge >= 0.3 is 28.9 Å². The Morgan fingerprint density at radius 3 is 1.75 bits per heavy atom. The number of esters is 1. The Kier molecular flexibility index (Phi) is 5.33. The Morgan fingerprint density at radius 2 is 1.46 bits per heavy atom. The smallest absolute Gasteiger partial charge is 0.343 e. The van der Waals surface area contributed by atoms with Crippen LogP contribution in [-0.4, -0.2) is 35.0 Å². The second-order valence-electron chi connectivity index (χ2n) is 5.29. The van der Waals surface area contributed by atoms with Crippen molar-refractivity contribution in [2.45, 2.75) is 46.1 Å². The summed E-state index contributed by atoms with van der Waals surface area (Å²) in [5, 5.41) is 29.4. The highest BCUT2D eigenvalue weighted by Crippen LogP contribution is 2.12. The lowest BCUT2D eigenvalue weighted by atomic mass is 10.3. The third-order valence-electron chi connectivity index (χ3n) is 3.00. The Labute approximate surface area is 135 Å². The van der Waals surface area contributed by atoms with Gasteiger partial charge in [0.25, 0.3) is 0 Å². The summed E-state index contributed by atoms with van der Waals surface area (Å²) in [6, 6.07) is 0. The Morgan fingerprint density at radius 1 is 1.08 bits per heavy atom. The van der Waals surface area contributed by atoms with E-state index in [2.05, 4.69) is 11.3 Å². The van der Waals surface area contributed by atoms with Gasteiger partial charge in [0.15, 0.2) is 0 Å². The highest BCUT2D eigenvalue weighted by molar-refractivity contribution is 5.87.